The molecule has 20 heavy (non-hydrogen) atoms. The Bertz CT molecular complexity index is 566. The zero-order chi connectivity index (χ0) is 14.4. The summed E-state index contributed by atoms with van der Waals surface area (Å²) in [6, 6.07) is 18.6. The Morgan fingerprint density at radius 3 is 2.45 bits per heavy atom. The SMILES string of the molecule is CCc1cccc(NC(=S)N(CC)c2ccccc2)c1. The van der Waals surface area contributed by atoms with Gasteiger partial charge in [0.2, 0.25) is 0 Å². The molecule has 0 atom stereocenters. The maximum Gasteiger partial charge on any atom is 0.177 e. The lowest BCUT2D eigenvalue weighted by Gasteiger charge is -2.24. The van der Waals surface area contributed by atoms with Crippen LogP contribution < -0.4 is 10.2 Å². The standard InChI is InChI=1S/C17H20N2S/c1-3-14-9-8-10-15(13-14)18-17(20)19(4-2)16-11-6-5-7-12-16/h5-13H,3-4H2,1-2H3,(H,18,20). The van der Waals surface area contributed by atoms with Crippen LogP contribution in [0.1, 0.15) is 19.4 Å². The smallest absolute Gasteiger partial charge is 0.177 e. The zero-order valence-corrected chi connectivity index (χ0v) is 12.8. The van der Waals surface area contributed by atoms with Crippen molar-refractivity contribution in [2.24, 2.45) is 0 Å². The van der Waals surface area contributed by atoms with E-state index in [-0.39, 0.29) is 0 Å². The van der Waals surface area contributed by atoms with Crippen LogP contribution in [-0.2, 0) is 6.42 Å². The van der Waals surface area contributed by atoms with Crippen LogP contribution in [0.3, 0.4) is 0 Å². The van der Waals surface area contributed by atoms with Crippen molar-refractivity contribution >= 4 is 28.7 Å². The van der Waals surface area contributed by atoms with Crippen LogP contribution >= 0.6 is 12.2 Å². The minimum Gasteiger partial charge on any atom is -0.332 e. The number of thiocarbonyl (C=S) groups is 1. The number of anilines is 2. The molecule has 104 valence electrons. The molecule has 0 fully saturated rings. The van der Waals surface area contributed by atoms with Gasteiger partial charge in [0, 0.05) is 17.9 Å². The molecule has 0 bridgehead atoms. The number of para-hydroxylation sites is 1. The summed E-state index contributed by atoms with van der Waals surface area (Å²) in [5.74, 6) is 0. The summed E-state index contributed by atoms with van der Waals surface area (Å²) in [6.45, 7) is 5.09. The number of nitrogens with one attached hydrogen (secondary N) is 1. The summed E-state index contributed by atoms with van der Waals surface area (Å²) in [6.07, 6.45) is 1.03. The molecule has 0 amide bonds. The third-order valence-electron chi connectivity index (χ3n) is 3.22. The normalized spacial score (nSPS) is 10.1. The Morgan fingerprint density at radius 1 is 1.05 bits per heavy atom. The minimum absolute atomic E-state index is 0.729. The van der Waals surface area contributed by atoms with Crippen LogP contribution in [-0.4, -0.2) is 11.7 Å². The Kier molecular flexibility index (Phi) is 5.13. The van der Waals surface area contributed by atoms with Crippen molar-refractivity contribution in [1.29, 1.82) is 0 Å². The summed E-state index contributed by atoms with van der Waals surface area (Å²) in [5, 5.41) is 4.05. The van der Waals surface area contributed by atoms with E-state index in [0.717, 1.165) is 29.5 Å². The minimum atomic E-state index is 0.729. The van der Waals surface area contributed by atoms with Crippen molar-refractivity contribution in [1.82, 2.24) is 0 Å². The average Bonchev–Trinajstić information content (AvgIpc) is 2.49. The monoisotopic (exact) mass is 284 g/mol. The first-order valence-electron chi connectivity index (χ1n) is 6.97. The van der Waals surface area contributed by atoms with Crippen LogP contribution in [0.25, 0.3) is 0 Å². The summed E-state index contributed by atoms with van der Waals surface area (Å²) in [4.78, 5) is 2.09. The van der Waals surface area contributed by atoms with Crippen molar-refractivity contribution in [3.63, 3.8) is 0 Å². The lowest BCUT2D eigenvalue weighted by molar-refractivity contribution is 1.06. The third kappa shape index (κ3) is 3.58. The molecule has 0 aliphatic rings. The summed E-state index contributed by atoms with van der Waals surface area (Å²) < 4.78 is 0. The molecule has 0 heterocycles. The number of rotatable bonds is 4. The molecule has 2 rings (SSSR count). The Balaban J connectivity index is 2.13. The van der Waals surface area contributed by atoms with Gasteiger partial charge in [0.25, 0.3) is 0 Å². The van der Waals surface area contributed by atoms with E-state index in [9.17, 15) is 0 Å². The first-order chi connectivity index (χ1) is 9.74. The van der Waals surface area contributed by atoms with Crippen molar-refractivity contribution in [3.05, 3.63) is 60.2 Å². The molecule has 2 aromatic rings. The highest BCUT2D eigenvalue weighted by Crippen LogP contribution is 2.16. The molecule has 0 unspecified atom stereocenters. The molecule has 2 nitrogen and oxygen atoms in total. The number of benzene rings is 2. The maximum absolute atomic E-state index is 5.53. The molecule has 0 aromatic heterocycles. The van der Waals surface area contributed by atoms with Crippen LogP contribution in [0.4, 0.5) is 11.4 Å². The molecule has 0 aliphatic carbocycles. The van der Waals surface area contributed by atoms with Crippen molar-refractivity contribution < 1.29 is 0 Å². The molecule has 0 saturated carbocycles. The Morgan fingerprint density at radius 2 is 1.80 bits per heavy atom. The molecule has 0 saturated heterocycles. The van der Waals surface area contributed by atoms with Gasteiger partial charge in [-0.15, -0.1) is 0 Å². The first-order valence-corrected chi connectivity index (χ1v) is 7.38. The van der Waals surface area contributed by atoms with Crippen molar-refractivity contribution in [2.75, 3.05) is 16.8 Å². The second-order valence-corrected chi connectivity index (χ2v) is 4.95. The fourth-order valence-electron chi connectivity index (χ4n) is 2.11. The highest BCUT2D eigenvalue weighted by Gasteiger charge is 2.09. The van der Waals surface area contributed by atoms with E-state index in [2.05, 4.69) is 54.4 Å². The van der Waals surface area contributed by atoms with Crippen LogP contribution in [0.15, 0.2) is 54.6 Å². The number of aryl methyl sites for hydroxylation is 1. The van der Waals surface area contributed by atoms with Crippen LogP contribution in [0.2, 0.25) is 0 Å². The highest BCUT2D eigenvalue weighted by molar-refractivity contribution is 7.80. The fraction of sp³-hybridized carbons (Fsp3) is 0.235. The van der Waals surface area contributed by atoms with E-state index < -0.39 is 0 Å². The lowest BCUT2D eigenvalue weighted by Crippen LogP contribution is -2.34. The molecule has 2 aromatic carbocycles. The second-order valence-electron chi connectivity index (χ2n) is 4.56. The van der Waals surface area contributed by atoms with E-state index >= 15 is 0 Å². The van der Waals surface area contributed by atoms with E-state index in [1.807, 2.05) is 24.3 Å². The molecule has 3 heteroatoms. The number of nitrogens with zero attached hydrogens (tertiary/aromatic N) is 1. The third-order valence-corrected chi connectivity index (χ3v) is 3.54. The van der Waals surface area contributed by atoms with Gasteiger partial charge in [0.15, 0.2) is 5.11 Å². The van der Waals surface area contributed by atoms with Crippen molar-refractivity contribution in [3.8, 4) is 0 Å². The average molecular weight is 284 g/mol. The quantitative estimate of drug-likeness (QED) is 0.834. The second kappa shape index (κ2) is 7.06. The summed E-state index contributed by atoms with van der Waals surface area (Å²) in [5.41, 5.74) is 3.46. The van der Waals surface area contributed by atoms with Gasteiger partial charge in [-0.05, 0) is 55.4 Å². The van der Waals surface area contributed by atoms with Gasteiger partial charge in [0.1, 0.15) is 0 Å². The maximum atomic E-state index is 5.53. The number of hydrogen-bond donors (Lipinski definition) is 1. The molecule has 0 spiro atoms. The summed E-state index contributed by atoms with van der Waals surface area (Å²) in [7, 11) is 0. The Labute approximate surface area is 126 Å². The predicted molar refractivity (Wildman–Crippen MR) is 91.5 cm³/mol. The van der Waals surface area contributed by atoms with E-state index in [0.29, 0.717) is 0 Å². The Hall–Kier alpha value is -1.87. The van der Waals surface area contributed by atoms with Gasteiger partial charge < -0.3 is 10.2 Å². The van der Waals surface area contributed by atoms with Crippen LogP contribution in [0.5, 0.6) is 0 Å². The van der Waals surface area contributed by atoms with Gasteiger partial charge in [-0.2, -0.15) is 0 Å². The summed E-state index contributed by atoms with van der Waals surface area (Å²) >= 11 is 5.53. The number of hydrogen-bond acceptors (Lipinski definition) is 1. The van der Waals surface area contributed by atoms with Gasteiger partial charge in [0.05, 0.1) is 0 Å². The van der Waals surface area contributed by atoms with Gasteiger partial charge in [-0.1, -0.05) is 37.3 Å². The molecule has 1 N–H and O–H groups in total. The van der Waals surface area contributed by atoms with E-state index in [4.69, 9.17) is 12.2 Å². The zero-order valence-electron chi connectivity index (χ0n) is 12.0. The first kappa shape index (κ1) is 14.5. The molecule has 0 aliphatic heterocycles. The topological polar surface area (TPSA) is 15.3 Å². The fourth-order valence-corrected chi connectivity index (χ4v) is 2.46. The largest absolute Gasteiger partial charge is 0.332 e. The molecular formula is C17H20N2S. The van der Waals surface area contributed by atoms with Crippen molar-refractivity contribution in [2.45, 2.75) is 20.3 Å². The predicted octanol–water partition coefficient (Wildman–Crippen LogP) is 4.47. The van der Waals surface area contributed by atoms with Gasteiger partial charge >= 0.3 is 0 Å². The van der Waals surface area contributed by atoms with Gasteiger partial charge in [-0.3, -0.25) is 0 Å². The van der Waals surface area contributed by atoms with Crippen LogP contribution in [0, 0.1) is 0 Å². The lowest BCUT2D eigenvalue weighted by atomic mass is 10.1. The molecule has 0 radical (unpaired) electrons. The van der Waals surface area contributed by atoms with Gasteiger partial charge in [-0.25, -0.2) is 0 Å². The molecular weight excluding hydrogens is 264 g/mol. The highest BCUT2D eigenvalue weighted by atomic mass is 32.1. The van der Waals surface area contributed by atoms with E-state index in [1.165, 1.54) is 5.56 Å². The van der Waals surface area contributed by atoms with E-state index in [1.54, 1.807) is 0 Å².